The number of rotatable bonds is 7. The maximum absolute atomic E-state index is 12.3. The van der Waals surface area contributed by atoms with Crippen molar-refractivity contribution in [3.8, 4) is 5.75 Å². The molecule has 2 aromatic carbocycles. The third kappa shape index (κ3) is 4.51. The van der Waals surface area contributed by atoms with Gasteiger partial charge in [0, 0.05) is 5.02 Å². The van der Waals surface area contributed by atoms with Crippen LogP contribution in [0, 0.1) is 5.92 Å². The van der Waals surface area contributed by atoms with Crippen molar-refractivity contribution in [1.82, 2.24) is 5.32 Å². The molecule has 0 saturated heterocycles. The molecule has 130 valence electrons. The van der Waals surface area contributed by atoms with E-state index in [4.69, 9.17) is 22.1 Å². The summed E-state index contributed by atoms with van der Waals surface area (Å²) in [5.41, 5.74) is 6.59. The predicted molar refractivity (Wildman–Crippen MR) is 95.5 cm³/mol. The standard InChI is InChI=1S/C19H19ClN2O3/c20-14-8-9-15(19(21)24)16(10-14)25-11-17(23)22-18(13-6-7-13)12-4-2-1-3-5-12/h1-5,8-10,13,18H,6-7,11H2,(H2,21,24)(H,22,23). The third-order valence-electron chi connectivity index (χ3n) is 4.14. The van der Waals surface area contributed by atoms with Crippen LogP contribution in [-0.2, 0) is 4.79 Å². The van der Waals surface area contributed by atoms with Gasteiger partial charge in [0.2, 0.25) is 0 Å². The summed E-state index contributed by atoms with van der Waals surface area (Å²) in [4.78, 5) is 23.7. The van der Waals surface area contributed by atoms with Crippen LogP contribution in [0.5, 0.6) is 5.75 Å². The number of carbonyl (C=O) groups excluding carboxylic acids is 2. The Morgan fingerprint density at radius 2 is 1.92 bits per heavy atom. The average Bonchev–Trinajstić information content (AvgIpc) is 3.43. The Bertz CT molecular complexity index is 775. The van der Waals surface area contributed by atoms with Gasteiger partial charge in [-0.3, -0.25) is 9.59 Å². The maximum Gasteiger partial charge on any atom is 0.258 e. The monoisotopic (exact) mass is 358 g/mol. The van der Waals surface area contributed by atoms with Gasteiger partial charge in [-0.1, -0.05) is 41.9 Å². The molecule has 2 aromatic rings. The number of amides is 2. The number of ether oxygens (including phenoxy) is 1. The number of benzene rings is 2. The van der Waals surface area contributed by atoms with Crippen LogP contribution in [-0.4, -0.2) is 18.4 Å². The molecule has 5 nitrogen and oxygen atoms in total. The molecule has 1 aliphatic rings. The van der Waals surface area contributed by atoms with Crippen LogP contribution in [0.4, 0.5) is 0 Å². The fraction of sp³-hybridized carbons (Fsp3) is 0.263. The topological polar surface area (TPSA) is 81.4 Å². The lowest BCUT2D eigenvalue weighted by atomic mass is 10.0. The van der Waals surface area contributed by atoms with Crippen molar-refractivity contribution in [2.45, 2.75) is 18.9 Å². The van der Waals surface area contributed by atoms with Crippen molar-refractivity contribution < 1.29 is 14.3 Å². The first kappa shape index (κ1) is 17.3. The van der Waals surface area contributed by atoms with Crippen LogP contribution in [0.2, 0.25) is 5.02 Å². The number of nitrogens with two attached hydrogens (primary N) is 1. The second-order valence-electron chi connectivity index (χ2n) is 6.09. The van der Waals surface area contributed by atoms with Crippen molar-refractivity contribution in [3.63, 3.8) is 0 Å². The molecule has 3 N–H and O–H groups in total. The predicted octanol–water partition coefficient (Wildman–Crippen LogP) is 3.09. The minimum Gasteiger partial charge on any atom is -0.483 e. The average molecular weight is 359 g/mol. The van der Waals surface area contributed by atoms with E-state index in [1.165, 1.54) is 12.1 Å². The van der Waals surface area contributed by atoms with Crippen molar-refractivity contribution in [2.75, 3.05) is 6.61 Å². The maximum atomic E-state index is 12.3. The van der Waals surface area contributed by atoms with Crippen LogP contribution < -0.4 is 15.8 Å². The largest absolute Gasteiger partial charge is 0.483 e. The molecule has 6 heteroatoms. The molecule has 0 radical (unpaired) electrons. The second-order valence-corrected chi connectivity index (χ2v) is 6.52. The van der Waals surface area contributed by atoms with E-state index in [9.17, 15) is 9.59 Å². The zero-order valence-electron chi connectivity index (χ0n) is 13.6. The summed E-state index contributed by atoms with van der Waals surface area (Å²) in [6.45, 7) is -0.212. The van der Waals surface area contributed by atoms with Crippen molar-refractivity contribution in [2.24, 2.45) is 11.7 Å². The van der Waals surface area contributed by atoms with Gasteiger partial charge in [0.25, 0.3) is 11.8 Å². The molecule has 0 heterocycles. The normalized spacial score (nSPS) is 14.6. The number of hydrogen-bond acceptors (Lipinski definition) is 3. The van der Waals surface area contributed by atoms with Gasteiger partial charge in [-0.15, -0.1) is 0 Å². The Kier molecular flexibility index (Phi) is 5.24. The van der Waals surface area contributed by atoms with Crippen LogP contribution in [0.15, 0.2) is 48.5 Å². The fourth-order valence-electron chi connectivity index (χ4n) is 2.74. The van der Waals surface area contributed by atoms with Crippen molar-refractivity contribution >= 4 is 23.4 Å². The van der Waals surface area contributed by atoms with Gasteiger partial charge in [-0.25, -0.2) is 0 Å². The highest BCUT2D eigenvalue weighted by molar-refractivity contribution is 6.30. The molecule has 3 rings (SSSR count). The lowest BCUT2D eigenvalue weighted by Gasteiger charge is -2.19. The van der Waals surface area contributed by atoms with Crippen LogP contribution in [0.25, 0.3) is 0 Å². The summed E-state index contributed by atoms with van der Waals surface area (Å²) >= 11 is 5.92. The van der Waals surface area contributed by atoms with E-state index in [1.807, 2.05) is 30.3 Å². The van der Waals surface area contributed by atoms with E-state index in [0.29, 0.717) is 10.9 Å². The zero-order valence-corrected chi connectivity index (χ0v) is 14.3. The summed E-state index contributed by atoms with van der Waals surface area (Å²) in [6.07, 6.45) is 2.20. The van der Waals surface area contributed by atoms with E-state index >= 15 is 0 Å². The van der Waals surface area contributed by atoms with Crippen molar-refractivity contribution in [3.05, 3.63) is 64.7 Å². The van der Waals surface area contributed by atoms with E-state index < -0.39 is 5.91 Å². The number of primary amides is 1. The van der Waals surface area contributed by atoms with Gasteiger partial charge in [0.05, 0.1) is 11.6 Å². The smallest absolute Gasteiger partial charge is 0.258 e. The molecule has 2 amide bonds. The van der Waals surface area contributed by atoms with E-state index in [1.54, 1.807) is 6.07 Å². The number of carbonyl (C=O) groups is 2. The lowest BCUT2D eigenvalue weighted by molar-refractivity contribution is -0.124. The summed E-state index contributed by atoms with van der Waals surface area (Å²) < 4.78 is 5.48. The molecule has 1 saturated carbocycles. The Labute approximate surface area is 151 Å². The molecule has 1 fully saturated rings. The zero-order chi connectivity index (χ0) is 17.8. The molecule has 0 aromatic heterocycles. The Morgan fingerprint density at radius 3 is 2.56 bits per heavy atom. The fourth-order valence-corrected chi connectivity index (χ4v) is 2.90. The van der Waals surface area contributed by atoms with E-state index in [0.717, 1.165) is 18.4 Å². The first-order valence-corrected chi connectivity index (χ1v) is 8.49. The quantitative estimate of drug-likeness (QED) is 0.798. The Balaban J connectivity index is 1.65. The van der Waals surface area contributed by atoms with Crippen LogP contribution in [0.1, 0.15) is 34.8 Å². The van der Waals surface area contributed by atoms with Gasteiger partial charge < -0.3 is 15.8 Å². The summed E-state index contributed by atoms with van der Waals surface area (Å²) in [7, 11) is 0. The first-order chi connectivity index (χ1) is 12.0. The van der Waals surface area contributed by atoms with Gasteiger partial charge in [0.15, 0.2) is 6.61 Å². The second kappa shape index (κ2) is 7.57. The van der Waals surface area contributed by atoms with Gasteiger partial charge >= 0.3 is 0 Å². The molecule has 0 bridgehead atoms. The van der Waals surface area contributed by atoms with Gasteiger partial charge in [0.1, 0.15) is 5.75 Å². The highest BCUT2D eigenvalue weighted by atomic mass is 35.5. The summed E-state index contributed by atoms with van der Waals surface area (Å²) in [5, 5.41) is 3.42. The molecule has 0 spiro atoms. The van der Waals surface area contributed by atoms with Gasteiger partial charge in [-0.05, 0) is 42.5 Å². The molecule has 1 aliphatic carbocycles. The minimum absolute atomic E-state index is 0.0210. The lowest BCUT2D eigenvalue weighted by Crippen LogP contribution is -2.34. The summed E-state index contributed by atoms with van der Waals surface area (Å²) in [6, 6.07) is 14.4. The Morgan fingerprint density at radius 1 is 1.20 bits per heavy atom. The van der Waals surface area contributed by atoms with Gasteiger partial charge in [-0.2, -0.15) is 0 Å². The SMILES string of the molecule is NC(=O)c1ccc(Cl)cc1OCC(=O)NC(c1ccccc1)C1CC1. The number of hydrogen-bond donors (Lipinski definition) is 2. The van der Waals surface area contributed by atoms with E-state index in [-0.39, 0.29) is 29.9 Å². The minimum atomic E-state index is -0.632. The molecule has 1 unspecified atom stereocenters. The highest BCUT2D eigenvalue weighted by Gasteiger charge is 2.33. The molecule has 1 atom stereocenters. The molecule has 25 heavy (non-hydrogen) atoms. The highest BCUT2D eigenvalue weighted by Crippen LogP contribution is 2.40. The van der Waals surface area contributed by atoms with Crippen LogP contribution >= 0.6 is 11.6 Å². The molecule has 0 aliphatic heterocycles. The Hall–Kier alpha value is -2.53. The number of halogens is 1. The molecular formula is C19H19ClN2O3. The first-order valence-electron chi connectivity index (χ1n) is 8.11. The number of nitrogens with one attached hydrogen (secondary N) is 1. The van der Waals surface area contributed by atoms with Crippen LogP contribution in [0.3, 0.4) is 0 Å². The summed E-state index contributed by atoms with van der Waals surface area (Å²) in [5.74, 6) is -0.222. The third-order valence-corrected chi connectivity index (χ3v) is 4.37. The van der Waals surface area contributed by atoms with E-state index in [2.05, 4.69) is 5.32 Å². The van der Waals surface area contributed by atoms with Crippen molar-refractivity contribution in [1.29, 1.82) is 0 Å². The molecular weight excluding hydrogens is 340 g/mol.